The van der Waals surface area contributed by atoms with Crippen molar-refractivity contribution in [2.75, 3.05) is 26.7 Å². The minimum atomic E-state index is -0.434. The lowest BCUT2D eigenvalue weighted by Crippen LogP contribution is -2.44. The molecule has 2 heterocycles. The van der Waals surface area contributed by atoms with E-state index in [1.807, 2.05) is 41.8 Å². The van der Waals surface area contributed by atoms with Gasteiger partial charge in [-0.1, -0.05) is 18.2 Å². The van der Waals surface area contributed by atoms with Crippen molar-refractivity contribution in [3.8, 4) is 5.75 Å². The van der Waals surface area contributed by atoms with Crippen LogP contribution >= 0.6 is 11.3 Å². The van der Waals surface area contributed by atoms with Crippen LogP contribution in [0.25, 0.3) is 0 Å². The molecule has 2 N–H and O–H groups in total. The van der Waals surface area contributed by atoms with Gasteiger partial charge in [-0.15, -0.1) is 11.3 Å². The van der Waals surface area contributed by atoms with Gasteiger partial charge in [-0.05, 0) is 54.9 Å². The zero-order chi connectivity index (χ0) is 19.1. The minimum Gasteiger partial charge on any atom is -0.497 e. The summed E-state index contributed by atoms with van der Waals surface area (Å²) in [7, 11) is 1.65. The van der Waals surface area contributed by atoms with Gasteiger partial charge in [-0.3, -0.25) is 15.0 Å². The zero-order valence-corrected chi connectivity index (χ0v) is 16.3. The first-order chi connectivity index (χ1) is 13.2. The van der Waals surface area contributed by atoms with Crippen molar-refractivity contribution in [1.82, 2.24) is 15.5 Å². The number of likely N-dealkylation sites (tertiary alicyclic amines) is 1. The van der Waals surface area contributed by atoms with Gasteiger partial charge in [-0.25, -0.2) is 4.79 Å². The predicted molar refractivity (Wildman–Crippen MR) is 106 cm³/mol. The lowest BCUT2D eigenvalue weighted by molar-refractivity contribution is -0.121. The Morgan fingerprint density at radius 3 is 2.78 bits per heavy atom. The third kappa shape index (κ3) is 5.55. The second kappa shape index (κ2) is 9.53. The highest BCUT2D eigenvalue weighted by atomic mass is 32.1. The molecule has 0 spiro atoms. The SMILES string of the molecule is COc1ccc(C2CCCN2CC(=O)NC(=O)NCCc2cccs2)cc1. The number of nitrogens with zero attached hydrogens (tertiary/aromatic N) is 1. The highest BCUT2D eigenvalue weighted by molar-refractivity contribution is 7.09. The second-order valence-corrected chi connectivity index (χ2v) is 7.57. The van der Waals surface area contributed by atoms with E-state index < -0.39 is 6.03 Å². The first kappa shape index (κ1) is 19.4. The molecule has 1 aliphatic heterocycles. The molecule has 2 aromatic rings. The number of imide groups is 1. The molecule has 6 nitrogen and oxygen atoms in total. The highest BCUT2D eigenvalue weighted by Crippen LogP contribution is 2.32. The monoisotopic (exact) mass is 387 g/mol. The van der Waals surface area contributed by atoms with Crippen molar-refractivity contribution in [3.63, 3.8) is 0 Å². The van der Waals surface area contributed by atoms with Crippen molar-refractivity contribution in [3.05, 3.63) is 52.2 Å². The van der Waals surface area contributed by atoms with Crippen LogP contribution in [-0.2, 0) is 11.2 Å². The van der Waals surface area contributed by atoms with Gasteiger partial charge in [0.05, 0.1) is 13.7 Å². The van der Waals surface area contributed by atoms with Gasteiger partial charge in [0.25, 0.3) is 0 Å². The Bertz CT molecular complexity index is 746. The number of hydrogen-bond acceptors (Lipinski definition) is 5. The number of rotatable bonds is 7. The molecule has 1 aromatic heterocycles. The number of urea groups is 1. The maximum atomic E-state index is 12.2. The van der Waals surface area contributed by atoms with Crippen molar-refractivity contribution in [2.45, 2.75) is 25.3 Å². The summed E-state index contributed by atoms with van der Waals surface area (Å²) in [5.41, 5.74) is 1.17. The summed E-state index contributed by atoms with van der Waals surface area (Å²) in [5.74, 6) is 0.546. The van der Waals surface area contributed by atoms with Gasteiger partial charge in [0.1, 0.15) is 5.75 Å². The quantitative estimate of drug-likeness (QED) is 0.766. The molecule has 1 saturated heterocycles. The number of ether oxygens (including phenoxy) is 1. The number of hydrogen-bond donors (Lipinski definition) is 2. The van der Waals surface area contributed by atoms with Crippen molar-refractivity contribution < 1.29 is 14.3 Å². The summed E-state index contributed by atoms with van der Waals surface area (Å²) in [5, 5.41) is 7.17. The molecule has 0 aliphatic carbocycles. The van der Waals surface area contributed by atoms with E-state index in [-0.39, 0.29) is 18.5 Å². The van der Waals surface area contributed by atoms with Crippen LogP contribution in [0, 0.1) is 0 Å². The van der Waals surface area contributed by atoms with Crippen molar-refractivity contribution >= 4 is 23.3 Å². The summed E-state index contributed by atoms with van der Waals surface area (Å²) < 4.78 is 5.20. The van der Waals surface area contributed by atoms with Gasteiger partial charge in [0.2, 0.25) is 5.91 Å². The first-order valence-corrected chi connectivity index (χ1v) is 10.0. The number of carbonyl (C=O) groups excluding carboxylic acids is 2. The standard InChI is InChI=1S/C20H25N3O3S/c1-26-16-8-6-15(7-9-16)18-5-2-12-23(18)14-19(24)22-20(25)21-11-10-17-4-3-13-27-17/h3-4,6-9,13,18H,2,5,10-12,14H2,1H3,(H2,21,22,24,25). The van der Waals surface area contributed by atoms with Gasteiger partial charge in [0.15, 0.2) is 0 Å². The Hall–Kier alpha value is -2.38. The fraction of sp³-hybridized carbons (Fsp3) is 0.400. The average molecular weight is 388 g/mol. The maximum Gasteiger partial charge on any atom is 0.321 e. The molecule has 1 unspecified atom stereocenters. The molecule has 1 fully saturated rings. The fourth-order valence-corrected chi connectivity index (χ4v) is 4.08. The van der Waals surface area contributed by atoms with Crippen LogP contribution in [0.15, 0.2) is 41.8 Å². The van der Waals surface area contributed by atoms with Gasteiger partial charge in [0, 0.05) is 17.5 Å². The molecule has 7 heteroatoms. The van der Waals surface area contributed by atoms with Crippen LogP contribution in [-0.4, -0.2) is 43.6 Å². The van der Waals surface area contributed by atoms with E-state index in [1.54, 1.807) is 18.4 Å². The third-order valence-corrected chi connectivity index (χ3v) is 5.64. The molecule has 1 atom stereocenters. The summed E-state index contributed by atoms with van der Waals surface area (Å²) in [6, 6.07) is 11.7. The molecule has 3 amide bonds. The number of amides is 3. The molecule has 3 rings (SSSR count). The minimum absolute atomic E-state index is 0.198. The van der Waals surface area contributed by atoms with Crippen molar-refractivity contribution in [1.29, 1.82) is 0 Å². The Balaban J connectivity index is 1.45. The van der Waals surface area contributed by atoms with Crippen molar-refractivity contribution in [2.24, 2.45) is 0 Å². The molecular formula is C20H25N3O3S. The zero-order valence-electron chi connectivity index (χ0n) is 15.4. The molecule has 1 aliphatic rings. The van der Waals surface area contributed by atoms with E-state index in [0.29, 0.717) is 6.54 Å². The number of thiophene rings is 1. The fourth-order valence-electron chi connectivity index (χ4n) is 3.37. The Kier molecular flexibility index (Phi) is 6.84. The molecule has 27 heavy (non-hydrogen) atoms. The van der Waals surface area contributed by atoms with E-state index in [9.17, 15) is 9.59 Å². The molecular weight excluding hydrogens is 362 g/mol. The number of benzene rings is 1. The van der Waals surface area contributed by atoms with Crippen LogP contribution in [0.3, 0.4) is 0 Å². The molecule has 0 saturated carbocycles. The topological polar surface area (TPSA) is 70.7 Å². The number of methoxy groups -OCH3 is 1. The van der Waals surface area contributed by atoms with Crippen LogP contribution in [0.5, 0.6) is 5.75 Å². The van der Waals surface area contributed by atoms with Crippen LogP contribution in [0.1, 0.15) is 29.3 Å². The van der Waals surface area contributed by atoms with E-state index in [4.69, 9.17) is 4.74 Å². The lowest BCUT2D eigenvalue weighted by atomic mass is 10.0. The third-order valence-electron chi connectivity index (χ3n) is 4.70. The predicted octanol–water partition coefficient (Wildman–Crippen LogP) is 2.96. The Morgan fingerprint density at radius 2 is 2.07 bits per heavy atom. The second-order valence-electron chi connectivity index (χ2n) is 6.54. The van der Waals surface area contributed by atoms with Crippen LogP contribution < -0.4 is 15.4 Å². The normalized spacial score (nSPS) is 16.9. The largest absolute Gasteiger partial charge is 0.497 e. The van der Waals surface area contributed by atoms with Crippen LogP contribution in [0.2, 0.25) is 0 Å². The Morgan fingerprint density at radius 1 is 1.26 bits per heavy atom. The number of nitrogens with one attached hydrogen (secondary N) is 2. The lowest BCUT2D eigenvalue weighted by Gasteiger charge is -2.24. The first-order valence-electron chi connectivity index (χ1n) is 9.14. The molecule has 0 bridgehead atoms. The van der Waals surface area contributed by atoms with E-state index in [0.717, 1.165) is 31.6 Å². The number of carbonyl (C=O) groups is 2. The van der Waals surface area contributed by atoms with E-state index in [1.165, 1.54) is 10.4 Å². The van der Waals surface area contributed by atoms with Gasteiger partial charge in [-0.2, -0.15) is 0 Å². The summed E-state index contributed by atoms with van der Waals surface area (Å²) in [4.78, 5) is 27.5. The van der Waals surface area contributed by atoms with E-state index >= 15 is 0 Å². The maximum absolute atomic E-state index is 12.2. The summed E-state index contributed by atoms with van der Waals surface area (Å²) in [6.45, 7) is 1.58. The molecule has 1 aromatic carbocycles. The summed E-state index contributed by atoms with van der Waals surface area (Å²) >= 11 is 1.66. The smallest absolute Gasteiger partial charge is 0.321 e. The summed E-state index contributed by atoms with van der Waals surface area (Å²) in [6.07, 6.45) is 2.81. The molecule has 0 radical (unpaired) electrons. The highest BCUT2D eigenvalue weighted by Gasteiger charge is 2.27. The molecule has 144 valence electrons. The van der Waals surface area contributed by atoms with E-state index in [2.05, 4.69) is 15.5 Å². The van der Waals surface area contributed by atoms with Gasteiger partial charge < -0.3 is 10.1 Å². The van der Waals surface area contributed by atoms with Gasteiger partial charge >= 0.3 is 6.03 Å². The van der Waals surface area contributed by atoms with Crippen LogP contribution in [0.4, 0.5) is 4.79 Å². The average Bonchev–Trinajstić information content (AvgIpc) is 3.34. The Labute approximate surface area is 163 Å².